The number of nitrogens with one attached hydrogen (secondary N) is 1. The van der Waals surface area contributed by atoms with Crippen LogP contribution < -0.4 is 5.32 Å². The van der Waals surface area contributed by atoms with Crippen LogP contribution in [-0.4, -0.2) is 16.0 Å². The van der Waals surface area contributed by atoms with Crippen molar-refractivity contribution in [1.82, 2.24) is 15.5 Å². The topological polar surface area (TPSA) is 68.0 Å². The van der Waals surface area contributed by atoms with Crippen LogP contribution in [0.15, 0.2) is 28.8 Å². The van der Waals surface area contributed by atoms with Crippen molar-refractivity contribution in [1.29, 1.82) is 0 Å². The lowest BCUT2D eigenvalue weighted by molar-refractivity contribution is -0.121. The molecule has 1 heterocycles. The van der Waals surface area contributed by atoms with Gasteiger partial charge in [0.15, 0.2) is 0 Å². The van der Waals surface area contributed by atoms with E-state index in [-0.39, 0.29) is 11.9 Å². The van der Waals surface area contributed by atoms with E-state index in [0.29, 0.717) is 28.7 Å². The third-order valence-electron chi connectivity index (χ3n) is 2.63. The van der Waals surface area contributed by atoms with E-state index in [1.807, 2.05) is 18.2 Å². The molecule has 0 spiro atoms. The van der Waals surface area contributed by atoms with Gasteiger partial charge >= 0.3 is 0 Å². The summed E-state index contributed by atoms with van der Waals surface area (Å²) in [6.45, 7) is 3.57. The van der Waals surface area contributed by atoms with Crippen molar-refractivity contribution in [3.05, 3.63) is 35.2 Å². The number of benzene rings is 1. The van der Waals surface area contributed by atoms with E-state index in [4.69, 9.17) is 16.1 Å². The molecule has 19 heavy (non-hydrogen) atoms. The Bertz CT molecular complexity index is 583. The van der Waals surface area contributed by atoms with Gasteiger partial charge in [0.2, 0.25) is 17.6 Å². The molecule has 0 radical (unpaired) electrons. The predicted molar refractivity (Wildman–Crippen MR) is 71.6 cm³/mol. The summed E-state index contributed by atoms with van der Waals surface area (Å²) in [5.41, 5.74) is 0.702. The lowest BCUT2D eigenvalue weighted by Crippen LogP contribution is -2.25. The maximum atomic E-state index is 11.3. The van der Waals surface area contributed by atoms with Crippen LogP contribution in [0.25, 0.3) is 11.4 Å². The normalized spacial score (nSPS) is 12.2. The molecule has 1 N–H and O–H groups in total. The molecular formula is C13H14ClN3O2. The molecule has 0 saturated heterocycles. The molecule has 5 nitrogen and oxygen atoms in total. The Kier molecular flexibility index (Phi) is 4.16. The van der Waals surface area contributed by atoms with Crippen molar-refractivity contribution in [2.75, 3.05) is 0 Å². The monoisotopic (exact) mass is 279 g/mol. The zero-order valence-corrected chi connectivity index (χ0v) is 11.4. The number of rotatable bonds is 4. The van der Waals surface area contributed by atoms with Crippen molar-refractivity contribution >= 4 is 17.5 Å². The van der Waals surface area contributed by atoms with Crippen LogP contribution in [0.2, 0.25) is 5.02 Å². The van der Waals surface area contributed by atoms with E-state index in [2.05, 4.69) is 15.5 Å². The molecule has 1 aromatic heterocycles. The third kappa shape index (κ3) is 3.12. The highest BCUT2D eigenvalue weighted by molar-refractivity contribution is 6.33. The van der Waals surface area contributed by atoms with Crippen LogP contribution in [-0.2, 0) is 4.79 Å². The molecule has 0 aliphatic rings. The van der Waals surface area contributed by atoms with Gasteiger partial charge < -0.3 is 9.84 Å². The van der Waals surface area contributed by atoms with Gasteiger partial charge in [0.25, 0.3) is 0 Å². The third-order valence-corrected chi connectivity index (χ3v) is 2.96. The second-order valence-electron chi connectivity index (χ2n) is 4.08. The molecule has 2 rings (SSSR count). The van der Waals surface area contributed by atoms with Crippen LogP contribution in [0, 0.1) is 0 Å². The SMILES string of the molecule is CCC(=O)NC(C)c1nc(-c2ccccc2Cl)no1. The molecule has 1 amide bonds. The minimum atomic E-state index is -0.323. The van der Waals surface area contributed by atoms with Crippen molar-refractivity contribution < 1.29 is 9.32 Å². The van der Waals surface area contributed by atoms with Crippen molar-refractivity contribution in [3.8, 4) is 11.4 Å². The Morgan fingerprint density at radius 1 is 1.47 bits per heavy atom. The Hall–Kier alpha value is -1.88. The second-order valence-corrected chi connectivity index (χ2v) is 4.49. The highest BCUT2D eigenvalue weighted by Crippen LogP contribution is 2.25. The van der Waals surface area contributed by atoms with Gasteiger partial charge in [0, 0.05) is 12.0 Å². The highest BCUT2D eigenvalue weighted by Gasteiger charge is 2.17. The number of carbonyl (C=O) groups excluding carboxylic acids is 1. The number of hydrogen-bond acceptors (Lipinski definition) is 4. The van der Waals surface area contributed by atoms with E-state index < -0.39 is 0 Å². The number of amides is 1. The predicted octanol–water partition coefficient (Wildman–Crippen LogP) is 2.98. The lowest BCUT2D eigenvalue weighted by Gasteiger charge is -2.07. The Balaban J connectivity index is 2.20. The summed E-state index contributed by atoms with van der Waals surface area (Å²) in [5.74, 6) is 0.708. The Labute approximate surface area is 116 Å². The highest BCUT2D eigenvalue weighted by atomic mass is 35.5. The number of carbonyl (C=O) groups is 1. The van der Waals surface area contributed by atoms with Crippen LogP contribution in [0.5, 0.6) is 0 Å². The largest absolute Gasteiger partial charge is 0.345 e. The summed E-state index contributed by atoms with van der Waals surface area (Å²) >= 11 is 6.06. The molecule has 1 atom stereocenters. The first-order valence-corrected chi connectivity index (χ1v) is 6.37. The minimum Gasteiger partial charge on any atom is -0.345 e. The smallest absolute Gasteiger partial charge is 0.249 e. The molecule has 0 aliphatic heterocycles. The molecule has 0 saturated carbocycles. The average Bonchev–Trinajstić information content (AvgIpc) is 2.88. The summed E-state index contributed by atoms with van der Waals surface area (Å²) in [6.07, 6.45) is 0.413. The molecule has 0 aliphatic carbocycles. The minimum absolute atomic E-state index is 0.0648. The van der Waals surface area contributed by atoms with Gasteiger partial charge in [-0.3, -0.25) is 4.79 Å². The fourth-order valence-electron chi connectivity index (χ4n) is 1.57. The molecular weight excluding hydrogens is 266 g/mol. The summed E-state index contributed by atoms with van der Waals surface area (Å²) in [7, 11) is 0. The van der Waals surface area contributed by atoms with Crippen molar-refractivity contribution in [3.63, 3.8) is 0 Å². The van der Waals surface area contributed by atoms with Gasteiger partial charge in [-0.25, -0.2) is 0 Å². The fourth-order valence-corrected chi connectivity index (χ4v) is 1.79. The van der Waals surface area contributed by atoms with Crippen molar-refractivity contribution in [2.24, 2.45) is 0 Å². The lowest BCUT2D eigenvalue weighted by atomic mass is 10.2. The maximum absolute atomic E-state index is 11.3. The molecule has 0 bridgehead atoms. The van der Waals surface area contributed by atoms with Crippen LogP contribution in [0.1, 0.15) is 32.2 Å². The van der Waals surface area contributed by atoms with E-state index in [1.165, 1.54) is 0 Å². The zero-order chi connectivity index (χ0) is 13.8. The number of aromatic nitrogens is 2. The molecule has 6 heteroatoms. The van der Waals surface area contributed by atoms with Gasteiger partial charge in [0.05, 0.1) is 5.02 Å². The molecule has 1 aromatic carbocycles. The van der Waals surface area contributed by atoms with E-state index in [9.17, 15) is 4.79 Å². The quantitative estimate of drug-likeness (QED) is 0.934. The second kappa shape index (κ2) is 5.84. The maximum Gasteiger partial charge on any atom is 0.249 e. The Morgan fingerprint density at radius 3 is 2.89 bits per heavy atom. The van der Waals surface area contributed by atoms with Gasteiger partial charge in [-0.1, -0.05) is 35.8 Å². The summed E-state index contributed by atoms with van der Waals surface area (Å²) in [5, 5.41) is 7.19. The molecule has 1 unspecified atom stereocenters. The van der Waals surface area contributed by atoms with Gasteiger partial charge in [-0.15, -0.1) is 0 Å². The van der Waals surface area contributed by atoms with E-state index in [1.54, 1.807) is 19.9 Å². The van der Waals surface area contributed by atoms with Gasteiger partial charge in [0.1, 0.15) is 6.04 Å². The standard InChI is InChI=1S/C13H14ClN3O2/c1-3-11(18)15-8(2)13-16-12(17-19-13)9-6-4-5-7-10(9)14/h4-8H,3H2,1-2H3,(H,15,18). The Morgan fingerprint density at radius 2 is 2.21 bits per heavy atom. The fraction of sp³-hybridized carbons (Fsp3) is 0.308. The molecule has 2 aromatic rings. The van der Waals surface area contributed by atoms with Gasteiger partial charge in [-0.05, 0) is 19.1 Å². The average molecular weight is 280 g/mol. The molecule has 100 valence electrons. The zero-order valence-electron chi connectivity index (χ0n) is 10.7. The summed E-state index contributed by atoms with van der Waals surface area (Å²) < 4.78 is 5.15. The first-order chi connectivity index (χ1) is 9.11. The first-order valence-electron chi connectivity index (χ1n) is 5.99. The van der Waals surface area contributed by atoms with Crippen molar-refractivity contribution in [2.45, 2.75) is 26.3 Å². The van der Waals surface area contributed by atoms with Gasteiger partial charge in [-0.2, -0.15) is 4.98 Å². The summed E-state index contributed by atoms with van der Waals surface area (Å²) in [6, 6.07) is 6.92. The van der Waals surface area contributed by atoms with Crippen LogP contribution in [0.3, 0.4) is 0 Å². The number of nitrogens with zero attached hydrogens (tertiary/aromatic N) is 2. The summed E-state index contributed by atoms with van der Waals surface area (Å²) in [4.78, 5) is 15.6. The van der Waals surface area contributed by atoms with Crippen LogP contribution >= 0.6 is 11.6 Å². The van der Waals surface area contributed by atoms with E-state index >= 15 is 0 Å². The van der Waals surface area contributed by atoms with Crippen LogP contribution in [0.4, 0.5) is 0 Å². The molecule has 0 fully saturated rings. The number of hydrogen-bond donors (Lipinski definition) is 1. The number of halogens is 1. The van der Waals surface area contributed by atoms with E-state index in [0.717, 1.165) is 0 Å². The first kappa shape index (κ1) is 13.5.